The number of fused-ring (bicyclic) bond motifs is 1. The fourth-order valence-electron chi connectivity index (χ4n) is 5.32. The molecule has 1 heterocycles. The smallest absolute Gasteiger partial charge is 0.331 e. The zero-order valence-electron chi connectivity index (χ0n) is 20.6. The zero-order chi connectivity index (χ0) is 24.0. The van der Waals surface area contributed by atoms with Crippen molar-refractivity contribution in [3.63, 3.8) is 0 Å². The molecule has 180 valence electrons. The second-order valence-corrected chi connectivity index (χ2v) is 9.82. The molecule has 0 amide bonds. The number of aromatic nitrogens is 2. The maximum atomic E-state index is 12.5. The van der Waals surface area contributed by atoms with Crippen LogP contribution in [0.25, 0.3) is 6.08 Å². The Balaban J connectivity index is 1.77. The molecular weight excluding hydrogens is 416 g/mol. The van der Waals surface area contributed by atoms with Crippen LogP contribution in [-0.4, -0.2) is 33.7 Å². The predicted molar refractivity (Wildman–Crippen MR) is 129 cm³/mol. The SMILES string of the molecule is CC(=O)O[C@@H]1/C=C\[C@@H](OC(=O)/C=C/c2cn(C)cn2)CC[C@H]2C(C)=CC[C@H](C(C)C)[C@H]2CC1. The van der Waals surface area contributed by atoms with Crippen molar-refractivity contribution in [2.45, 2.75) is 72.0 Å². The molecule has 0 radical (unpaired) electrons. The molecule has 33 heavy (non-hydrogen) atoms. The molecule has 0 N–H and O–H groups in total. The molecule has 1 aromatic rings. The van der Waals surface area contributed by atoms with E-state index in [4.69, 9.17) is 9.47 Å². The van der Waals surface area contributed by atoms with Gasteiger partial charge in [0, 0.05) is 26.2 Å². The molecule has 0 aliphatic heterocycles. The summed E-state index contributed by atoms with van der Waals surface area (Å²) in [6.07, 6.45) is 16.7. The highest BCUT2D eigenvalue weighted by Crippen LogP contribution is 2.44. The summed E-state index contributed by atoms with van der Waals surface area (Å²) in [5.41, 5.74) is 2.14. The molecule has 0 saturated heterocycles. The van der Waals surface area contributed by atoms with Gasteiger partial charge in [-0.2, -0.15) is 0 Å². The molecule has 3 rings (SSSR count). The normalized spacial score (nSPS) is 29.3. The number of hydrogen-bond donors (Lipinski definition) is 0. The highest BCUT2D eigenvalue weighted by atomic mass is 16.5. The van der Waals surface area contributed by atoms with Crippen molar-refractivity contribution in [3.8, 4) is 0 Å². The van der Waals surface area contributed by atoms with Crippen molar-refractivity contribution in [2.24, 2.45) is 30.7 Å². The average Bonchev–Trinajstić information content (AvgIpc) is 3.17. The van der Waals surface area contributed by atoms with Crippen LogP contribution in [0.4, 0.5) is 0 Å². The minimum absolute atomic E-state index is 0.287. The third kappa shape index (κ3) is 7.18. The summed E-state index contributed by atoms with van der Waals surface area (Å²) in [6.45, 7) is 8.28. The molecule has 6 heteroatoms. The maximum Gasteiger partial charge on any atom is 0.331 e. The monoisotopic (exact) mass is 454 g/mol. The lowest BCUT2D eigenvalue weighted by atomic mass is 9.65. The summed E-state index contributed by atoms with van der Waals surface area (Å²) in [5.74, 6) is 1.52. The van der Waals surface area contributed by atoms with Crippen LogP contribution in [0, 0.1) is 23.7 Å². The van der Waals surface area contributed by atoms with Crippen LogP contribution in [-0.2, 0) is 26.1 Å². The minimum atomic E-state index is -0.399. The number of carbonyl (C=O) groups is 2. The van der Waals surface area contributed by atoms with Crippen LogP contribution in [0.1, 0.15) is 65.5 Å². The lowest BCUT2D eigenvalue weighted by Crippen LogP contribution is -2.33. The Morgan fingerprint density at radius 3 is 2.45 bits per heavy atom. The molecular formula is C27H38N2O4. The van der Waals surface area contributed by atoms with Crippen molar-refractivity contribution < 1.29 is 19.1 Å². The van der Waals surface area contributed by atoms with Gasteiger partial charge >= 0.3 is 11.9 Å². The first-order valence-corrected chi connectivity index (χ1v) is 12.1. The Bertz CT molecular complexity index is 911. The van der Waals surface area contributed by atoms with Gasteiger partial charge in [0.15, 0.2) is 0 Å². The molecule has 0 bridgehead atoms. The van der Waals surface area contributed by atoms with E-state index in [0.717, 1.165) is 32.1 Å². The van der Waals surface area contributed by atoms with E-state index < -0.39 is 5.97 Å². The summed E-state index contributed by atoms with van der Waals surface area (Å²) < 4.78 is 13.2. The lowest BCUT2D eigenvalue weighted by Gasteiger charge is -2.41. The average molecular weight is 455 g/mol. The number of carbonyl (C=O) groups excluding carboxylic acids is 2. The molecule has 0 fully saturated rings. The largest absolute Gasteiger partial charge is 0.458 e. The van der Waals surface area contributed by atoms with E-state index in [-0.39, 0.29) is 18.2 Å². The Morgan fingerprint density at radius 1 is 1.12 bits per heavy atom. The number of allylic oxidation sites excluding steroid dienone is 2. The minimum Gasteiger partial charge on any atom is -0.458 e. The molecule has 0 saturated carbocycles. The van der Waals surface area contributed by atoms with E-state index in [1.54, 1.807) is 12.4 Å². The maximum absolute atomic E-state index is 12.5. The van der Waals surface area contributed by atoms with Crippen LogP contribution in [0.3, 0.4) is 0 Å². The van der Waals surface area contributed by atoms with E-state index in [1.165, 1.54) is 18.6 Å². The third-order valence-electron chi connectivity index (χ3n) is 7.01. The highest BCUT2D eigenvalue weighted by molar-refractivity contribution is 5.86. The van der Waals surface area contributed by atoms with Gasteiger partial charge in [-0.1, -0.05) is 25.5 Å². The quantitative estimate of drug-likeness (QED) is 0.345. The number of aryl methyl sites for hydroxylation is 1. The van der Waals surface area contributed by atoms with Crippen molar-refractivity contribution >= 4 is 18.0 Å². The number of ether oxygens (including phenoxy) is 2. The van der Waals surface area contributed by atoms with Crippen LogP contribution in [0.2, 0.25) is 0 Å². The third-order valence-corrected chi connectivity index (χ3v) is 7.01. The van der Waals surface area contributed by atoms with Gasteiger partial charge in [0.25, 0.3) is 0 Å². The Kier molecular flexibility index (Phi) is 8.70. The molecule has 0 unspecified atom stereocenters. The molecule has 0 spiro atoms. The summed E-state index contributed by atoms with van der Waals surface area (Å²) in [6, 6.07) is 0. The first-order chi connectivity index (χ1) is 15.7. The lowest BCUT2D eigenvalue weighted by molar-refractivity contribution is -0.145. The van der Waals surface area contributed by atoms with Gasteiger partial charge < -0.3 is 14.0 Å². The van der Waals surface area contributed by atoms with Gasteiger partial charge in [0.05, 0.1) is 12.0 Å². The number of esters is 2. The van der Waals surface area contributed by atoms with Gasteiger partial charge in [-0.3, -0.25) is 4.79 Å². The van der Waals surface area contributed by atoms with Gasteiger partial charge in [-0.25, -0.2) is 9.78 Å². The van der Waals surface area contributed by atoms with Crippen molar-refractivity contribution in [3.05, 3.63) is 48.1 Å². The van der Waals surface area contributed by atoms with Gasteiger partial charge in [0.2, 0.25) is 0 Å². The molecule has 0 aromatic carbocycles. The standard InChI is InChI=1S/C27H38N2O4/c1-18(2)24-12-6-19(3)25-13-10-23(9-8-22(32-20(4)30)11-14-26(24)25)33-27(31)15-7-21-16-29(5)17-28-21/h6-9,15-18,22-26H,10-14H2,1-5H3/b9-8-,15-7+/t22-,23-,24-,25+,26-/m1/s1. The second kappa shape index (κ2) is 11.5. The summed E-state index contributed by atoms with van der Waals surface area (Å²) in [5, 5.41) is 0. The van der Waals surface area contributed by atoms with Crippen LogP contribution < -0.4 is 0 Å². The number of rotatable bonds is 5. The van der Waals surface area contributed by atoms with E-state index in [1.807, 2.05) is 30.0 Å². The van der Waals surface area contributed by atoms with E-state index in [2.05, 4.69) is 31.8 Å². The van der Waals surface area contributed by atoms with E-state index >= 15 is 0 Å². The van der Waals surface area contributed by atoms with Crippen molar-refractivity contribution in [2.75, 3.05) is 0 Å². The molecule has 5 atom stereocenters. The summed E-state index contributed by atoms with van der Waals surface area (Å²) >= 11 is 0. The molecule has 2 aliphatic carbocycles. The fraction of sp³-hybridized carbons (Fsp3) is 0.593. The zero-order valence-corrected chi connectivity index (χ0v) is 20.6. The van der Waals surface area contributed by atoms with Crippen LogP contribution in [0.5, 0.6) is 0 Å². The summed E-state index contributed by atoms with van der Waals surface area (Å²) in [4.78, 5) is 28.4. The Labute approximate surface area is 197 Å². The molecule has 6 nitrogen and oxygen atoms in total. The molecule has 1 aromatic heterocycles. The van der Waals surface area contributed by atoms with Gasteiger partial charge in [0.1, 0.15) is 12.2 Å². The van der Waals surface area contributed by atoms with Crippen molar-refractivity contribution in [1.82, 2.24) is 9.55 Å². The van der Waals surface area contributed by atoms with Crippen LogP contribution in [0.15, 0.2) is 42.4 Å². The Morgan fingerprint density at radius 2 is 1.82 bits per heavy atom. The first kappa shape index (κ1) is 25.0. The van der Waals surface area contributed by atoms with Crippen LogP contribution >= 0.6 is 0 Å². The van der Waals surface area contributed by atoms with Gasteiger partial charge in [-0.15, -0.1) is 0 Å². The van der Waals surface area contributed by atoms with E-state index in [9.17, 15) is 9.59 Å². The number of imidazole rings is 1. The van der Waals surface area contributed by atoms with E-state index in [0.29, 0.717) is 29.4 Å². The summed E-state index contributed by atoms with van der Waals surface area (Å²) in [7, 11) is 1.88. The number of nitrogens with zero attached hydrogens (tertiary/aromatic N) is 2. The topological polar surface area (TPSA) is 70.4 Å². The first-order valence-electron chi connectivity index (χ1n) is 12.1. The van der Waals surface area contributed by atoms with Crippen molar-refractivity contribution in [1.29, 1.82) is 0 Å². The predicted octanol–water partition coefficient (Wildman–Crippen LogP) is 5.26. The Hall–Kier alpha value is -2.63. The number of hydrogen-bond acceptors (Lipinski definition) is 5. The van der Waals surface area contributed by atoms with Gasteiger partial charge in [-0.05, 0) is 80.9 Å². The second-order valence-electron chi connectivity index (χ2n) is 9.82. The highest BCUT2D eigenvalue weighted by Gasteiger charge is 2.36. The fourth-order valence-corrected chi connectivity index (χ4v) is 5.32. The molecule has 2 aliphatic rings.